The average Bonchev–Trinajstić information content (AvgIpc) is 3.50. The number of amides is 2. The first-order valence-corrected chi connectivity index (χ1v) is 10.1. The van der Waals surface area contributed by atoms with Crippen molar-refractivity contribution in [3.05, 3.63) is 89.9 Å². The minimum atomic E-state index is -0.617. The van der Waals surface area contributed by atoms with Crippen molar-refractivity contribution in [1.82, 2.24) is 4.90 Å². The van der Waals surface area contributed by atoms with E-state index in [-0.39, 0.29) is 24.2 Å². The molecule has 0 aliphatic carbocycles. The molecule has 7 nitrogen and oxygen atoms in total. The number of carbonyl (C=O) groups excluding carboxylic acids is 3. The molecule has 1 atom stereocenters. The molecule has 7 heteroatoms. The molecule has 0 unspecified atom stereocenters. The molecule has 1 fully saturated rings. The summed E-state index contributed by atoms with van der Waals surface area (Å²) in [6.07, 6.45) is 2.72. The number of likely N-dealkylation sites (tertiary alicyclic amines) is 1. The highest BCUT2D eigenvalue weighted by Gasteiger charge is 2.36. The van der Waals surface area contributed by atoms with E-state index in [9.17, 15) is 14.4 Å². The second-order valence-electron chi connectivity index (χ2n) is 7.26. The molecule has 2 heterocycles. The van der Waals surface area contributed by atoms with Gasteiger partial charge in [0.05, 0.1) is 6.26 Å². The van der Waals surface area contributed by atoms with Crippen LogP contribution in [0.25, 0.3) is 0 Å². The monoisotopic (exact) mass is 418 g/mol. The van der Waals surface area contributed by atoms with Crippen LogP contribution < -0.4 is 5.32 Å². The molecule has 2 amide bonds. The molecule has 0 radical (unpaired) electrons. The number of nitrogens with zero attached hydrogens (tertiary/aromatic N) is 1. The zero-order valence-electron chi connectivity index (χ0n) is 16.8. The number of benzene rings is 2. The third-order valence-electron chi connectivity index (χ3n) is 5.15. The molecular weight excluding hydrogens is 396 g/mol. The van der Waals surface area contributed by atoms with Gasteiger partial charge in [-0.1, -0.05) is 30.3 Å². The third kappa shape index (κ3) is 4.83. The summed E-state index contributed by atoms with van der Waals surface area (Å²) in [5, 5.41) is 2.82. The Morgan fingerprint density at radius 2 is 1.77 bits per heavy atom. The van der Waals surface area contributed by atoms with Crippen molar-refractivity contribution in [3.8, 4) is 0 Å². The Morgan fingerprint density at radius 1 is 1.00 bits per heavy atom. The minimum absolute atomic E-state index is 0.0682. The number of hydrogen-bond donors (Lipinski definition) is 1. The highest BCUT2D eigenvalue weighted by atomic mass is 16.5. The molecular formula is C24H22N2O5. The number of anilines is 1. The van der Waals surface area contributed by atoms with Gasteiger partial charge in [0, 0.05) is 17.8 Å². The SMILES string of the molecule is O=C(Nc1ccccc1)c1ccc(COC(=O)[C@@H]2CCCN2C(=O)c2ccco2)cc1. The first kappa shape index (κ1) is 20.4. The van der Waals surface area contributed by atoms with Crippen LogP contribution in [0.5, 0.6) is 0 Å². The number of esters is 1. The van der Waals surface area contributed by atoms with Crippen LogP contribution in [0.1, 0.15) is 39.3 Å². The van der Waals surface area contributed by atoms with Crippen LogP contribution in [0.15, 0.2) is 77.4 Å². The van der Waals surface area contributed by atoms with Gasteiger partial charge >= 0.3 is 5.97 Å². The summed E-state index contributed by atoms with van der Waals surface area (Å²) in [4.78, 5) is 38.9. The fourth-order valence-electron chi connectivity index (χ4n) is 3.52. The summed E-state index contributed by atoms with van der Waals surface area (Å²) in [5.74, 6) is -0.751. The van der Waals surface area contributed by atoms with E-state index in [0.29, 0.717) is 18.5 Å². The van der Waals surface area contributed by atoms with Crippen molar-refractivity contribution in [3.63, 3.8) is 0 Å². The predicted molar refractivity (Wildman–Crippen MR) is 113 cm³/mol. The third-order valence-corrected chi connectivity index (χ3v) is 5.15. The smallest absolute Gasteiger partial charge is 0.329 e. The van der Waals surface area contributed by atoms with Gasteiger partial charge in [-0.3, -0.25) is 9.59 Å². The molecule has 1 aliphatic rings. The van der Waals surface area contributed by atoms with Crippen LogP contribution in [0.3, 0.4) is 0 Å². The van der Waals surface area contributed by atoms with Crippen molar-refractivity contribution in [2.45, 2.75) is 25.5 Å². The zero-order valence-corrected chi connectivity index (χ0v) is 16.8. The van der Waals surface area contributed by atoms with Gasteiger partial charge in [0.15, 0.2) is 5.76 Å². The topological polar surface area (TPSA) is 88.9 Å². The Morgan fingerprint density at radius 3 is 2.48 bits per heavy atom. The fourth-order valence-corrected chi connectivity index (χ4v) is 3.52. The highest BCUT2D eigenvalue weighted by Crippen LogP contribution is 2.22. The molecule has 2 aromatic carbocycles. The lowest BCUT2D eigenvalue weighted by Gasteiger charge is -2.22. The Labute approximate surface area is 179 Å². The molecule has 0 saturated carbocycles. The van der Waals surface area contributed by atoms with Crippen LogP contribution >= 0.6 is 0 Å². The zero-order chi connectivity index (χ0) is 21.6. The minimum Gasteiger partial charge on any atom is -0.459 e. The molecule has 1 saturated heterocycles. The van der Waals surface area contributed by atoms with Gasteiger partial charge in [-0.15, -0.1) is 0 Å². The summed E-state index contributed by atoms with van der Waals surface area (Å²) in [5.41, 5.74) is 1.98. The number of furan rings is 1. The maximum atomic E-state index is 12.6. The molecule has 158 valence electrons. The van der Waals surface area contributed by atoms with Crippen molar-refractivity contribution in [2.24, 2.45) is 0 Å². The van der Waals surface area contributed by atoms with Gasteiger partial charge in [-0.25, -0.2) is 4.79 Å². The Bertz CT molecular complexity index is 1050. The van der Waals surface area contributed by atoms with Crippen molar-refractivity contribution < 1.29 is 23.5 Å². The van der Waals surface area contributed by atoms with E-state index in [0.717, 1.165) is 17.7 Å². The van der Waals surface area contributed by atoms with Crippen molar-refractivity contribution in [2.75, 3.05) is 11.9 Å². The molecule has 0 bridgehead atoms. The molecule has 31 heavy (non-hydrogen) atoms. The number of hydrogen-bond acceptors (Lipinski definition) is 5. The van der Waals surface area contributed by atoms with Crippen molar-refractivity contribution >= 4 is 23.5 Å². The van der Waals surface area contributed by atoms with Crippen LogP contribution in [0, 0.1) is 0 Å². The number of rotatable bonds is 6. The summed E-state index contributed by atoms with van der Waals surface area (Å²) < 4.78 is 10.6. The van der Waals surface area contributed by atoms with E-state index >= 15 is 0 Å². The molecule has 3 aromatic rings. The highest BCUT2D eigenvalue weighted by molar-refractivity contribution is 6.04. The maximum absolute atomic E-state index is 12.6. The maximum Gasteiger partial charge on any atom is 0.329 e. The molecule has 4 rings (SSSR count). The van der Waals surface area contributed by atoms with Crippen LogP contribution in [0.4, 0.5) is 5.69 Å². The van der Waals surface area contributed by atoms with E-state index in [1.807, 2.05) is 30.3 Å². The lowest BCUT2D eigenvalue weighted by Crippen LogP contribution is -2.41. The predicted octanol–water partition coefficient (Wildman–Crippen LogP) is 3.88. The summed E-state index contributed by atoms with van der Waals surface area (Å²) in [6.45, 7) is 0.559. The van der Waals surface area contributed by atoms with Gasteiger partial charge in [0.2, 0.25) is 0 Å². The summed E-state index contributed by atoms with van der Waals surface area (Å²) in [7, 11) is 0. The number of nitrogens with one attached hydrogen (secondary N) is 1. The van der Waals surface area contributed by atoms with Gasteiger partial charge in [0.25, 0.3) is 11.8 Å². The fraction of sp³-hybridized carbons (Fsp3) is 0.208. The quantitative estimate of drug-likeness (QED) is 0.614. The summed E-state index contributed by atoms with van der Waals surface area (Å²) in [6, 6.07) is 18.7. The molecule has 1 aromatic heterocycles. The van der Waals surface area contributed by atoms with Crippen LogP contribution in [-0.4, -0.2) is 35.3 Å². The molecule has 1 N–H and O–H groups in total. The van der Waals surface area contributed by atoms with E-state index in [4.69, 9.17) is 9.15 Å². The van der Waals surface area contributed by atoms with E-state index < -0.39 is 12.0 Å². The second kappa shape index (κ2) is 9.30. The number of para-hydroxylation sites is 1. The second-order valence-corrected chi connectivity index (χ2v) is 7.26. The van der Waals surface area contributed by atoms with Gasteiger partial charge < -0.3 is 19.4 Å². The molecule has 1 aliphatic heterocycles. The lowest BCUT2D eigenvalue weighted by atomic mass is 10.1. The number of ether oxygens (including phenoxy) is 1. The van der Waals surface area contributed by atoms with Crippen LogP contribution in [0.2, 0.25) is 0 Å². The van der Waals surface area contributed by atoms with Gasteiger partial charge in [0.1, 0.15) is 12.6 Å². The first-order valence-electron chi connectivity index (χ1n) is 10.1. The van der Waals surface area contributed by atoms with E-state index in [1.165, 1.54) is 11.2 Å². The Balaban J connectivity index is 1.32. The first-order chi connectivity index (χ1) is 15.1. The van der Waals surface area contributed by atoms with Gasteiger partial charge in [-0.05, 0) is 54.8 Å². The van der Waals surface area contributed by atoms with E-state index in [2.05, 4.69) is 5.32 Å². The van der Waals surface area contributed by atoms with Crippen molar-refractivity contribution in [1.29, 1.82) is 0 Å². The van der Waals surface area contributed by atoms with Gasteiger partial charge in [-0.2, -0.15) is 0 Å². The Kier molecular flexibility index (Phi) is 6.12. The number of carbonyl (C=O) groups is 3. The molecule has 0 spiro atoms. The van der Waals surface area contributed by atoms with E-state index in [1.54, 1.807) is 36.4 Å². The van der Waals surface area contributed by atoms with Crippen LogP contribution in [-0.2, 0) is 16.1 Å². The average molecular weight is 418 g/mol. The largest absolute Gasteiger partial charge is 0.459 e. The summed E-state index contributed by atoms with van der Waals surface area (Å²) >= 11 is 0. The lowest BCUT2D eigenvalue weighted by molar-refractivity contribution is -0.149. The standard InChI is InChI=1S/C24H22N2O5/c27-22(25-19-6-2-1-3-7-19)18-12-10-17(11-13-18)16-31-24(29)20-8-4-14-26(20)23(28)21-9-5-15-30-21/h1-3,5-7,9-13,15,20H,4,8,14,16H2,(H,25,27)/t20-/m0/s1. The Hall–Kier alpha value is -3.87. The normalized spacial score (nSPS) is 15.5.